The van der Waals surface area contributed by atoms with Crippen LogP contribution in [0.3, 0.4) is 0 Å². The van der Waals surface area contributed by atoms with Gasteiger partial charge < -0.3 is 14.2 Å². The molecule has 2 aromatic rings. The van der Waals surface area contributed by atoms with Gasteiger partial charge in [-0.3, -0.25) is 4.72 Å². The zero-order valence-corrected chi connectivity index (χ0v) is 15.3. The first-order chi connectivity index (χ1) is 11.8. The molecule has 1 N–H and O–H groups in total. The van der Waals surface area contributed by atoms with Crippen molar-refractivity contribution in [1.29, 1.82) is 0 Å². The number of anilines is 1. The van der Waals surface area contributed by atoms with Crippen LogP contribution in [-0.4, -0.2) is 35.7 Å². The van der Waals surface area contributed by atoms with Gasteiger partial charge in [-0.05, 0) is 30.3 Å². The maximum absolute atomic E-state index is 12.7. The van der Waals surface area contributed by atoms with Gasteiger partial charge in [-0.15, -0.1) is 0 Å². The predicted molar refractivity (Wildman–Crippen MR) is 93.1 cm³/mol. The molecule has 0 amide bonds. The fourth-order valence-corrected chi connectivity index (χ4v) is 3.49. The number of ether oxygens (including phenoxy) is 3. The highest BCUT2D eigenvalue weighted by atomic mass is 35.5. The molecule has 0 spiro atoms. The van der Waals surface area contributed by atoms with Crippen molar-refractivity contribution in [2.75, 3.05) is 26.1 Å². The third-order valence-corrected chi connectivity index (χ3v) is 5.03. The van der Waals surface area contributed by atoms with Gasteiger partial charge in [0.1, 0.15) is 16.4 Å². The van der Waals surface area contributed by atoms with Crippen LogP contribution < -0.4 is 14.2 Å². The number of hydrogen-bond acceptors (Lipinski definition) is 6. The number of hydrogen-bond donors (Lipinski definition) is 1. The van der Waals surface area contributed by atoms with Crippen LogP contribution in [-0.2, 0) is 14.8 Å². The highest BCUT2D eigenvalue weighted by Gasteiger charge is 2.22. The first-order valence-electron chi connectivity index (χ1n) is 6.95. The Hall–Kier alpha value is -2.45. The minimum atomic E-state index is -4.02. The van der Waals surface area contributed by atoms with E-state index in [0.29, 0.717) is 5.75 Å². The van der Waals surface area contributed by atoms with Gasteiger partial charge in [0, 0.05) is 6.07 Å². The number of methoxy groups -OCH3 is 3. The highest BCUT2D eigenvalue weighted by molar-refractivity contribution is 7.92. The van der Waals surface area contributed by atoms with Crippen LogP contribution in [0.1, 0.15) is 10.4 Å². The Morgan fingerprint density at radius 1 is 1.04 bits per heavy atom. The Morgan fingerprint density at radius 3 is 2.36 bits per heavy atom. The van der Waals surface area contributed by atoms with Crippen LogP contribution in [0.2, 0.25) is 5.02 Å². The summed E-state index contributed by atoms with van der Waals surface area (Å²) in [6, 6.07) is 8.40. The quantitative estimate of drug-likeness (QED) is 0.769. The van der Waals surface area contributed by atoms with Gasteiger partial charge in [0.05, 0.1) is 37.6 Å². The monoisotopic (exact) mass is 385 g/mol. The number of carbonyl (C=O) groups is 1. The minimum Gasteiger partial charge on any atom is -0.497 e. The average molecular weight is 386 g/mol. The van der Waals surface area contributed by atoms with Crippen LogP contribution in [0.25, 0.3) is 0 Å². The van der Waals surface area contributed by atoms with Crippen molar-refractivity contribution in [2.45, 2.75) is 4.90 Å². The van der Waals surface area contributed by atoms with Crippen molar-refractivity contribution >= 4 is 33.3 Å². The lowest BCUT2D eigenvalue weighted by molar-refractivity contribution is 0.0601. The summed E-state index contributed by atoms with van der Waals surface area (Å²) in [5.41, 5.74) is 0.203. The number of benzene rings is 2. The van der Waals surface area contributed by atoms with E-state index >= 15 is 0 Å². The number of carbonyl (C=O) groups excluding carboxylic acids is 1. The number of halogens is 1. The molecule has 2 aromatic carbocycles. The zero-order chi connectivity index (χ0) is 18.6. The molecular weight excluding hydrogens is 370 g/mol. The lowest BCUT2D eigenvalue weighted by Gasteiger charge is -2.14. The molecule has 0 unspecified atom stereocenters. The lowest BCUT2D eigenvalue weighted by Crippen LogP contribution is -2.15. The fourth-order valence-electron chi connectivity index (χ4n) is 2.04. The Morgan fingerprint density at radius 2 is 1.76 bits per heavy atom. The summed E-state index contributed by atoms with van der Waals surface area (Å²) in [6.07, 6.45) is 0. The van der Waals surface area contributed by atoms with E-state index in [4.69, 9.17) is 21.1 Å². The van der Waals surface area contributed by atoms with Gasteiger partial charge in [0.15, 0.2) is 0 Å². The second-order valence-corrected chi connectivity index (χ2v) is 6.87. The molecule has 2 rings (SSSR count). The van der Waals surface area contributed by atoms with E-state index in [-0.39, 0.29) is 26.9 Å². The molecule has 0 saturated heterocycles. The lowest BCUT2D eigenvalue weighted by atomic mass is 10.2. The van der Waals surface area contributed by atoms with Gasteiger partial charge >= 0.3 is 5.97 Å². The average Bonchev–Trinajstić information content (AvgIpc) is 2.61. The number of esters is 1. The molecule has 0 aliphatic carbocycles. The molecule has 0 bridgehead atoms. The minimum absolute atomic E-state index is 0.0439. The van der Waals surface area contributed by atoms with Crippen molar-refractivity contribution in [1.82, 2.24) is 0 Å². The van der Waals surface area contributed by atoms with Gasteiger partial charge in [-0.2, -0.15) is 0 Å². The molecule has 0 atom stereocenters. The summed E-state index contributed by atoms with van der Waals surface area (Å²) >= 11 is 6.03. The van der Waals surface area contributed by atoms with Crippen LogP contribution in [0.5, 0.6) is 11.5 Å². The predicted octanol–water partition coefficient (Wildman–Crippen LogP) is 2.94. The zero-order valence-electron chi connectivity index (χ0n) is 13.7. The second kappa shape index (κ2) is 7.62. The van der Waals surface area contributed by atoms with Gasteiger partial charge in [0.25, 0.3) is 10.0 Å². The largest absolute Gasteiger partial charge is 0.497 e. The van der Waals surface area contributed by atoms with Crippen molar-refractivity contribution in [2.24, 2.45) is 0 Å². The molecular formula is C16H16ClNO6S. The van der Waals surface area contributed by atoms with Crippen molar-refractivity contribution in [3.05, 3.63) is 47.0 Å². The molecule has 0 aliphatic rings. The van der Waals surface area contributed by atoms with Crippen LogP contribution in [0.4, 0.5) is 5.69 Å². The molecule has 0 aromatic heterocycles. The van der Waals surface area contributed by atoms with Crippen LogP contribution in [0.15, 0.2) is 41.3 Å². The summed E-state index contributed by atoms with van der Waals surface area (Å²) in [4.78, 5) is 11.5. The van der Waals surface area contributed by atoms with Crippen LogP contribution in [0, 0.1) is 0 Å². The summed E-state index contributed by atoms with van der Waals surface area (Å²) in [5.74, 6) is -0.0623. The topological polar surface area (TPSA) is 90.9 Å². The Labute approximate surface area is 150 Å². The molecule has 0 radical (unpaired) electrons. The normalized spacial score (nSPS) is 10.9. The molecule has 0 saturated carbocycles. The van der Waals surface area contributed by atoms with E-state index in [1.54, 1.807) is 0 Å². The van der Waals surface area contributed by atoms with E-state index in [2.05, 4.69) is 9.46 Å². The SMILES string of the molecule is COC(=O)c1ccc(Cl)c(NS(=O)(=O)c2ccc(OC)cc2OC)c1. The van der Waals surface area contributed by atoms with E-state index in [9.17, 15) is 13.2 Å². The number of sulfonamides is 1. The smallest absolute Gasteiger partial charge is 0.337 e. The van der Waals surface area contributed by atoms with Crippen molar-refractivity contribution in [3.63, 3.8) is 0 Å². The second-order valence-electron chi connectivity index (χ2n) is 4.81. The van der Waals surface area contributed by atoms with Gasteiger partial charge in [-0.1, -0.05) is 11.6 Å². The van der Waals surface area contributed by atoms with E-state index < -0.39 is 16.0 Å². The molecule has 25 heavy (non-hydrogen) atoms. The summed E-state index contributed by atoms with van der Waals surface area (Å²) in [7, 11) is 0.00884. The highest BCUT2D eigenvalue weighted by Crippen LogP contribution is 2.32. The summed E-state index contributed by atoms with van der Waals surface area (Å²) in [6.45, 7) is 0. The summed E-state index contributed by atoms with van der Waals surface area (Å²) in [5, 5.41) is 0.128. The molecule has 7 nitrogen and oxygen atoms in total. The number of nitrogens with one attached hydrogen (secondary N) is 1. The van der Waals surface area contributed by atoms with Crippen LogP contribution >= 0.6 is 11.6 Å². The fraction of sp³-hybridized carbons (Fsp3) is 0.188. The Balaban J connectivity index is 2.44. The molecule has 0 aliphatic heterocycles. The van der Waals surface area contributed by atoms with E-state index in [1.165, 1.54) is 57.7 Å². The maximum atomic E-state index is 12.7. The summed E-state index contributed by atoms with van der Waals surface area (Å²) < 4.78 is 42.5. The molecule has 0 fully saturated rings. The van der Waals surface area contributed by atoms with Crippen molar-refractivity contribution in [3.8, 4) is 11.5 Å². The first-order valence-corrected chi connectivity index (χ1v) is 8.81. The molecule has 134 valence electrons. The van der Waals surface area contributed by atoms with E-state index in [1.807, 2.05) is 0 Å². The Kier molecular flexibility index (Phi) is 5.76. The third-order valence-electron chi connectivity index (χ3n) is 3.29. The van der Waals surface area contributed by atoms with Crippen molar-refractivity contribution < 1.29 is 27.4 Å². The maximum Gasteiger partial charge on any atom is 0.337 e. The number of rotatable bonds is 6. The van der Waals surface area contributed by atoms with E-state index in [0.717, 1.165) is 0 Å². The van der Waals surface area contributed by atoms with Gasteiger partial charge in [0.2, 0.25) is 0 Å². The third kappa shape index (κ3) is 4.15. The first kappa shape index (κ1) is 18.9. The molecule has 0 heterocycles. The van der Waals surface area contributed by atoms with Gasteiger partial charge in [-0.25, -0.2) is 13.2 Å². The standard InChI is InChI=1S/C16H16ClNO6S/c1-22-11-5-7-15(14(9-11)23-2)25(20,21)18-13-8-10(16(19)24-3)4-6-12(13)17/h4-9,18H,1-3H3. The molecule has 9 heteroatoms. The Bertz CT molecular complexity index is 897.